The minimum absolute atomic E-state index is 0.432. The molecule has 2 nitrogen and oxygen atoms in total. The molecule has 2 aliphatic rings. The van der Waals surface area contributed by atoms with Crippen LogP contribution in [0.2, 0.25) is 0 Å². The zero-order valence-corrected chi connectivity index (χ0v) is 10.8. The Kier molecular flexibility index (Phi) is 3.69. The second-order valence-corrected chi connectivity index (χ2v) is 5.91. The summed E-state index contributed by atoms with van der Waals surface area (Å²) in [5, 5.41) is 3.40. The fourth-order valence-electron chi connectivity index (χ4n) is 2.58. The van der Waals surface area contributed by atoms with E-state index in [1.54, 1.807) is 0 Å². The number of ether oxygens (including phenoxy) is 1. The van der Waals surface area contributed by atoms with E-state index in [-0.39, 0.29) is 0 Å². The van der Waals surface area contributed by atoms with Crippen molar-refractivity contribution in [3.05, 3.63) is 29.8 Å². The molecule has 3 heteroatoms. The van der Waals surface area contributed by atoms with Crippen molar-refractivity contribution in [1.29, 1.82) is 0 Å². The molecule has 92 valence electrons. The van der Waals surface area contributed by atoms with Gasteiger partial charge in [0.15, 0.2) is 0 Å². The van der Waals surface area contributed by atoms with E-state index in [9.17, 15) is 0 Å². The van der Waals surface area contributed by atoms with Crippen molar-refractivity contribution in [3.8, 4) is 0 Å². The standard InChI is InChI=1S/C14H19NOS/c1-2-6-14-13(5-1)11(10-17-14)9-16-12-4-3-7-15-8-12/h1-2,5-6,11-12,15H,3-4,7-10H2. The Labute approximate surface area is 107 Å². The Morgan fingerprint density at radius 1 is 1.35 bits per heavy atom. The van der Waals surface area contributed by atoms with E-state index in [0.29, 0.717) is 12.0 Å². The molecule has 0 saturated carbocycles. The van der Waals surface area contributed by atoms with Gasteiger partial charge in [-0.05, 0) is 31.0 Å². The predicted molar refractivity (Wildman–Crippen MR) is 71.8 cm³/mol. The molecule has 0 spiro atoms. The first-order valence-electron chi connectivity index (χ1n) is 6.47. The van der Waals surface area contributed by atoms with Crippen LogP contribution in [0.4, 0.5) is 0 Å². The number of thioether (sulfide) groups is 1. The first-order valence-corrected chi connectivity index (χ1v) is 7.46. The van der Waals surface area contributed by atoms with Crippen molar-refractivity contribution in [2.75, 3.05) is 25.4 Å². The number of hydrogen-bond donors (Lipinski definition) is 1. The minimum Gasteiger partial charge on any atom is -0.376 e. The highest BCUT2D eigenvalue weighted by Gasteiger charge is 2.24. The molecular formula is C14H19NOS. The maximum absolute atomic E-state index is 6.05. The van der Waals surface area contributed by atoms with E-state index in [1.807, 2.05) is 11.8 Å². The van der Waals surface area contributed by atoms with E-state index in [0.717, 1.165) is 19.7 Å². The number of fused-ring (bicyclic) bond motifs is 1. The first-order chi connectivity index (χ1) is 8.43. The maximum atomic E-state index is 6.05. The van der Waals surface area contributed by atoms with Gasteiger partial charge in [-0.2, -0.15) is 0 Å². The van der Waals surface area contributed by atoms with Crippen LogP contribution in [-0.4, -0.2) is 31.6 Å². The quantitative estimate of drug-likeness (QED) is 0.890. The molecule has 3 rings (SSSR count). The van der Waals surface area contributed by atoms with E-state index in [1.165, 1.54) is 29.1 Å². The second kappa shape index (κ2) is 5.42. The molecule has 2 unspecified atom stereocenters. The van der Waals surface area contributed by atoms with Crippen LogP contribution in [0.1, 0.15) is 24.3 Å². The highest BCUT2D eigenvalue weighted by atomic mass is 32.2. The van der Waals surface area contributed by atoms with Crippen LogP contribution in [0, 0.1) is 0 Å². The SMILES string of the molecule is c1ccc2c(c1)SCC2COC1CCCNC1. The van der Waals surface area contributed by atoms with Crippen LogP contribution in [0.3, 0.4) is 0 Å². The van der Waals surface area contributed by atoms with Gasteiger partial charge in [-0.15, -0.1) is 11.8 Å². The molecule has 1 N–H and O–H groups in total. The van der Waals surface area contributed by atoms with Gasteiger partial charge in [0.25, 0.3) is 0 Å². The molecule has 2 atom stereocenters. The summed E-state index contributed by atoms with van der Waals surface area (Å²) >= 11 is 1.97. The largest absolute Gasteiger partial charge is 0.376 e. The number of piperidine rings is 1. The van der Waals surface area contributed by atoms with Gasteiger partial charge in [0.1, 0.15) is 0 Å². The fraction of sp³-hybridized carbons (Fsp3) is 0.571. The topological polar surface area (TPSA) is 21.3 Å². The third kappa shape index (κ3) is 2.67. The zero-order chi connectivity index (χ0) is 11.5. The molecule has 0 bridgehead atoms. The highest BCUT2D eigenvalue weighted by molar-refractivity contribution is 7.99. The van der Waals surface area contributed by atoms with Crippen molar-refractivity contribution in [1.82, 2.24) is 5.32 Å². The molecule has 0 amide bonds. The lowest BCUT2D eigenvalue weighted by Gasteiger charge is -2.24. The minimum atomic E-state index is 0.432. The summed E-state index contributed by atoms with van der Waals surface area (Å²) in [5.41, 5.74) is 1.49. The van der Waals surface area contributed by atoms with Crippen LogP contribution >= 0.6 is 11.8 Å². The van der Waals surface area contributed by atoms with Gasteiger partial charge >= 0.3 is 0 Å². The maximum Gasteiger partial charge on any atom is 0.0700 e. The first kappa shape index (κ1) is 11.6. The molecule has 1 fully saturated rings. The van der Waals surface area contributed by atoms with Crippen LogP contribution in [0.5, 0.6) is 0 Å². The summed E-state index contributed by atoms with van der Waals surface area (Å²) in [6.45, 7) is 3.07. The molecule has 1 aromatic carbocycles. The lowest BCUT2D eigenvalue weighted by atomic mass is 10.0. The summed E-state index contributed by atoms with van der Waals surface area (Å²) in [4.78, 5) is 1.45. The lowest BCUT2D eigenvalue weighted by Crippen LogP contribution is -2.36. The van der Waals surface area contributed by atoms with Gasteiger partial charge in [-0.1, -0.05) is 18.2 Å². The summed E-state index contributed by atoms with van der Waals surface area (Å²) in [6.07, 6.45) is 2.90. The van der Waals surface area contributed by atoms with E-state index < -0.39 is 0 Å². The molecule has 1 saturated heterocycles. The van der Waals surface area contributed by atoms with Crippen LogP contribution in [0.25, 0.3) is 0 Å². The molecule has 2 heterocycles. The summed E-state index contributed by atoms with van der Waals surface area (Å²) in [6, 6.07) is 8.74. The van der Waals surface area contributed by atoms with Crippen molar-refractivity contribution >= 4 is 11.8 Å². The van der Waals surface area contributed by atoms with Gasteiger partial charge in [0, 0.05) is 23.1 Å². The number of rotatable bonds is 3. The molecule has 0 radical (unpaired) electrons. The zero-order valence-electron chi connectivity index (χ0n) is 10.0. The molecule has 0 aromatic heterocycles. The monoisotopic (exact) mass is 249 g/mol. The van der Waals surface area contributed by atoms with Crippen LogP contribution in [-0.2, 0) is 4.74 Å². The molecule has 0 aliphatic carbocycles. The Morgan fingerprint density at radius 3 is 3.18 bits per heavy atom. The predicted octanol–water partition coefficient (Wildman–Crippen LogP) is 2.64. The summed E-state index contributed by atoms with van der Waals surface area (Å²) < 4.78 is 6.05. The Hall–Kier alpha value is -0.510. The fourth-order valence-corrected chi connectivity index (χ4v) is 3.81. The van der Waals surface area contributed by atoms with Crippen molar-refractivity contribution in [2.24, 2.45) is 0 Å². The third-order valence-corrected chi connectivity index (χ3v) is 4.84. The molecular weight excluding hydrogens is 230 g/mol. The number of benzene rings is 1. The van der Waals surface area contributed by atoms with Gasteiger partial charge < -0.3 is 10.1 Å². The van der Waals surface area contributed by atoms with Gasteiger partial charge in [0.2, 0.25) is 0 Å². The second-order valence-electron chi connectivity index (χ2n) is 4.85. The molecule has 17 heavy (non-hydrogen) atoms. The molecule has 1 aromatic rings. The molecule has 2 aliphatic heterocycles. The van der Waals surface area contributed by atoms with Gasteiger partial charge in [-0.3, -0.25) is 0 Å². The van der Waals surface area contributed by atoms with Gasteiger partial charge in [0.05, 0.1) is 12.7 Å². The Balaban J connectivity index is 1.56. The van der Waals surface area contributed by atoms with E-state index >= 15 is 0 Å². The van der Waals surface area contributed by atoms with Crippen molar-refractivity contribution in [3.63, 3.8) is 0 Å². The van der Waals surface area contributed by atoms with Gasteiger partial charge in [-0.25, -0.2) is 0 Å². The average Bonchev–Trinajstić information content (AvgIpc) is 2.81. The normalized spacial score (nSPS) is 28.0. The summed E-state index contributed by atoms with van der Waals surface area (Å²) in [5.74, 6) is 1.78. The summed E-state index contributed by atoms with van der Waals surface area (Å²) in [7, 11) is 0. The van der Waals surface area contributed by atoms with E-state index in [4.69, 9.17) is 4.74 Å². The smallest absolute Gasteiger partial charge is 0.0700 e. The highest BCUT2D eigenvalue weighted by Crippen LogP contribution is 2.39. The number of hydrogen-bond acceptors (Lipinski definition) is 3. The van der Waals surface area contributed by atoms with Crippen LogP contribution in [0.15, 0.2) is 29.2 Å². The number of nitrogens with one attached hydrogen (secondary N) is 1. The lowest BCUT2D eigenvalue weighted by molar-refractivity contribution is 0.0310. The average molecular weight is 249 g/mol. The van der Waals surface area contributed by atoms with Crippen LogP contribution < -0.4 is 5.32 Å². The van der Waals surface area contributed by atoms with E-state index in [2.05, 4.69) is 29.6 Å². The van der Waals surface area contributed by atoms with Crippen molar-refractivity contribution < 1.29 is 4.74 Å². The Bertz CT molecular complexity index is 376. The Morgan fingerprint density at radius 2 is 2.29 bits per heavy atom. The van der Waals surface area contributed by atoms with Crippen molar-refractivity contribution in [2.45, 2.75) is 29.8 Å². The third-order valence-electron chi connectivity index (χ3n) is 3.58.